The molecule has 0 atom stereocenters. The van der Waals surface area contributed by atoms with Gasteiger partial charge in [-0.25, -0.2) is 9.97 Å². The Bertz CT molecular complexity index is 521. The zero-order valence-corrected chi connectivity index (χ0v) is 10.2. The zero-order valence-electron chi connectivity index (χ0n) is 9.43. The number of nitrogen functional groups attached to an aromatic ring is 1. The smallest absolute Gasteiger partial charge is 0.146 e. The van der Waals surface area contributed by atoms with Gasteiger partial charge in [0, 0.05) is 13.1 Å². The van der Waals surface area contributed by atoms with Crippen molar-refractivity contribution in [1.29, 1.82) is 0 Å². The van der Waals surface area contributed by atoms with Crippen molar-refractivity contribution in [3.05, 3.63) is 17.3 Å². The van der Waals surface area contributed by atoms with E-state index in [1.165, 1.54) is 0 Å². The average Bonchev–Trinajstić information content (AvgIpc) is 2.79. The van der Waals surface area contributed by atoms with Crippen LogP contribution >= 0.6 is 11.3 Å². The molecule has 0 radical (unpaired) electrons. The van der Waals surface area contributed by atoms with Gasteiger partial charge >= 0.3 is 0 Å². The van der Waals surface area contributed by atoms with Gasteiger partial charge in [0.15, 0.2) is 0 Å². The van der Waals surface area contributed by atoms with Crippen molar-refractivity contribution in [2.45, 2.75) is 6.54 Å². The number of hydrogen-bond acceptors (Lipinski definition) is 6. The number of fused-ring (bicyclic) bond motifs is 1. The molecule has 1 aliphatic rings. The molecule has 1 saturated heterocycles. The Labute approximate surface area is 103 Å². The van der Waals surface area contributed by atoms with Gasteiger partial charge in [0.25, 0.3) is 0 Å². The van der Waals surface area contributed by atoms with Crippen LogP contribution in [0.15, 0.2) is 11.4 Å². The van der Waals surface area contributed by atoms with Gasteiger partial charge in [-0.2, -0.15) is 0 Å². The molecule has 3 heterocycles. The molecule has 0 amide bonds. The van der Waals surface area contributed by atoms with Crippen LogP contribution in [-0.2, 0) is 11.3 Å². The number of ether oxygens (including phenoxy) is 1. The van der Waals surface area contributed by atoms with Crippen LogP contribution in [-0.4, -0.2) is 41.2 Å². The minimum Gasteiger partial charge on any atom is -0.383 e. The summed E-state index contributed by atoms with van der Waals surface area (Å²) < 4.78 is 5.31. The van der Waals surface area contributed by atoms with E-state index in [4.69, 9.17) is 10.5 Å². The van der Waals surface area contributed by atoms with E-state index in [1.54, 1.807) is 11.3 Å². The number of anilines is 1. The molecule has 0 aliphatic carbocycles. The fraction of sp³-hybridized carbons (Fsp3) is 0.455. The first-order valence-electron chi connectivity index (χ1n) is 5.62. The molecule has 90 valence electrons. The molecule has 0 saturated carbocycles. The summed E-state index contributed by atoms with van der Waals surface area (Å²) >= 11 is 1.60. The van der Waals surface area contributed by atoms with Crippen LogP contribution in [0, 0.1) is 0 Å². The highest BCUT2D eigenvalue weighted by Crippen LogP contribution is 2.23. The van der Waals surface area contributed by atoms with Gasteiger partial charge in [-0.05, 0) is 11.4 Å². The van der Waals surface area contributed by atoms with Gasteiger partial charge < -0.3 is 10.5 Å². The Morgan fingerprint density at radius 1 is 1.35 bits per heavy atom. The first-order valence-corrected chi connectivity index (χ1v) is 6.50. The lowest BCUT2D eigenvalue weighted by Gasteiger charge is -2.25. The van der Waals surface area contributed by atoms with Crippen LogP contribution < -0.4 is 5.73 Å². The summed E-state index contributed by atoms with van der Waals surface area (Å²) in [4.78, 5) is 12.2. The lowest BCUT2D eigenvalue weighted by molar-refractivity contribution is 0.0331. The van der Waals surface area contributed by atoms with Crippen LogP contribution in [0.25, 0.3) is 10.2 Å². The quantitative estimate of drug-likeness (QED) is 0.865. The standard InChI is InChI=1S/C11H14N4OS/c12-10-8-1-6-17-11(8)14-9(13-10)7-15-2-4-16-5-3-15/h1,6H,2-5,7H2,(H2,12,13,14). The van der Waals surface area contributed by atoms with Gasteiger partial charge in [0.2, 0.25) is 0 Å². The molecule has 3 rings (SSSR count). The van der Waals surface area contributed by atoms with E-state index in [2.05, 4.69) is 14.9 Å². The SMILES string of the molecule is Nc1nc(CN2CCOCC2)nc2sccc12. The van der Waals surface area contributed by atoms with Crippen LogP contribution in [0.2, 0.25) is 0 Å². The van der Waals surface area contributed by atoms with E-state index in [0.717, 1.165) is 48.9 Å². The van der Waals surface area contributed by atoms with Crippen molar-refractivity contribution >= 4 is 27.4 Å². The van der Waals surface area contributed by atoms with Gasteiger partial charge in [-0.3, -0.25) is 4.90 Å². The Morgan fingerprint density at radius 2 is 2.18 bits per heavy atom. The predicted octanol–water partition coefficient (Wildman–Crippen LogP) is 1.11. The zero-order chi connectivity index (χ0) is 11.7. The van der Waals surface area contributed by atoms with E-state index in [0.29, 0.717) is 5.82 Å². The summed E-state index contributed by atoms with van der Waals surface area (Å²) in [6.45, 7) is 4.20. The molecule has 0 aromatic carbocycles. The predicted molar refractivity (Wildman–Crippen MR) is 67.9 cm³/mol. The maximum Gasteiger partial charge on any atom is 0.146 e. The average molecular weight is 250 g/mol. The molecule has 5 nitrogen and oxygen atoms in total. The lowest BCUT2D eigenvalue weighted by atomic mass is 10.3. The summed E-state index contributed by atoms with van der Waals surface area (Å²) in [5, 5.41) is 2.95. The minimum absolute atomic E-state index is 0.583. The highest BCUT2D eigenvalue weighted by Gasteiger charge is 2.13. The normalized spacial score (nSPS) is 17.6. The summed E-state index contributed by atoms with van der Waals surface area (Å²) in [5.74, 6) is 1.39. The van der Waals surface area contributed by atoms with Crippen molar-refractivity contribution in [3.8, 4) is 0 Å². The molecular formula is C11H14N4OS. The van der Waals surface area contributed by atoms with Crippen molar-refractivity contribution < 1.29 is 4.74 Å². The van der Waals surface area contributed by atoms with Crippen LogP contribution in [0.4, 0.5) is 5.82 Å². The molecule has 6 heteroatoms. The molecule has 2 aromatic heterocycles. The molecule has 0 bridgehead atoms. The molecule has 0 unspecified atom stereocenters. The molecule has 2 N–H and O–H groups in total. The largest absolute Gasteiger partial charge is 0.383 e. The number of hydrogen-bond donors (Lipinski definition) is 1. The number of aromatic nitrogens is 2. The third-order valence-electron chi connectivity index (χ3n) is 2.87. The molecule has 0 spiro atoms. The maximum atomic E-state index is 5.92. The number of rotatable bonds is 2. The topological polar surface area (TPSA) is 64.3 Å². The maximum absolute atomic E-state index is 5.92. The number of nitrogens with zero attached hydrogens (tertiary/aromatic N) is 3. The van der Waals surface area contributed by atoms with Gasteiger partial charge in [0.05, 0.1) is 25.1 Å². The van der Waals surface area contributed by atoms with Crippen molar-refractivity contribution in [2.24, 2.45) is 0 Å². The molecule has 17 heavy (non-hydrogen) atoms. The highest BCUT2D eigenvalue weighted by molar-refractivity contribution is 7.16. The second-order valence-electron chi connectivity index (χ2n) is 4.05. The Balaban J connectivity index is 1.84. The highest BCUT2D eigenvalue weighted by atomic mass is 32.1. The van der Waals surface area contributed by atoms with E-state index in [9.17, 15) is 0 Å². The number of thiophene rings is 1. The Kier molecular flexibility index (Phi) is 2.92. The Morgan fingerprint density at radius 3 is 3.00 bits per heavy atom. The van der Waals surface area contributed by atoms with Gasteiger partial charge in [0.1, 0.15) is 16.5 Å². The van der Waals surface area contributed by atoms with Crippen molar-refractivity contribution in [1.82, 2.24) is 14.9 Å². The fourth-order valence-corrected chi connectivity index (χ4v) is 2.74. The Hall–Kier alpha value is -1.24. The molecule has 1 fully saturated rings. The summed E-state index contributed by atoms with van der Waals surface area (Å²) in [6, 6.07) is 1.97. The van der Waals surface area contributed by atoms with Crippen LogP contribution in [0.3, 0.4) is 0 Å². The first kappa shape index (κ1) is 10.9. The van der Waals surface area contributed by atoms with E-state index in [-0.39, 0.29) is 0 Å². The monoisotopic (exact) mass is 250 g/mol. The van der Waals surface area contributed by atoms with Crippen LogP contribution in [0.1, 0.15) is 5.82 Å². The minimum atomic E-state index is 0.583. The summed E-state index contributed by atoms with van der Waals surface area (Å²) in [7, 11) is 0. The van der Waals surface area contributed by atoms with E-state index < -0.39 is 0 Å². The second kappa shape index (κ2) is 4.56. The number of nitrogens with two attached hydrogens (primary N) is 1. The third-order valence-corrected chi connectivity index (χ3v) is 3.68. The summed E-state index contributed by atoms with van der Waals surface area (Å²) in [6.07, 6.45) is 0. The summed E-state index contributed by atoms with van der Waals surface area (Å²) in [5.41, 5.74) is 5.92. The fourth-order valence-electron chi connectivity index (χ4n) is 1.95. The van der Waals surface area contributed by atoms with E-state index in [1.807, 2.05) is 11.4 Å². The van der Waals surface area contributed by atoms with E-state index >= 15 is 0 Å². The second-order valence-corrected chi connectivity index (χ2v) is 4.95. The van der Waals surface area contributed by atoms with Crippen LogP contribution in [0.5, 0.6) is 0 Å². The lowest BCUT2D eigenvalue weighted by Crippen LogP contribution is -2.36. The molecule has 2 aromatic rings. The molecule has 1 aliphatic heterocycles. The number of morpholine rings is 1. The van der Waals surface area contributed by atoms with Gasteiger partial charge in [-0.1, -0.05) is 0 Å². The van der Waals surface area contributed by atoms with Crippen molar-refractivity contribution in [2.75, 3.05) is 32.0 Å². The third kappa shape index (κ3) is 2.24. The molecular weight excluding hydrogens is 236 g/mol. The van der Waals surface area contributed by atoms with Crippen molar-refractivity contribution in [3.63, 3.8) is 0 Å². The first-order chi connectivity index (χ1) is 8.33. The van der Waals surface area contributed by atoms with Gasteiger partial charge in [-0.15, -0.1) is 11.3 Å².